The van der Waals surface area contributed by atoms with Gasteiger partial charge < -0.3 is 19.5 Å². The summed E-state index contributed by atoms with van der Waals surface area (Å²) in [6, 6.07) is 16.9. The molecule has 2 aromatic carbocycles. The van der Waals surface area contributed by atoms with Gasteiger partial charge in [-0.1, -0.05) is 36.4 Å². The smallest absolute Gasteiger partial charge is 0.250 e. The second kappa shape index (κ2) is 10.3. The van der Waals surface area contributed by atoms with Crippen LogP contribution in [0.25, 0.3) is 10.8 Å². The maximum absolute atomic E-state index is 14.1. The number of rotatable bonds is 8. The van der Waals surface area contributed by atoms with Gasteiger partial charge in [-0.2, -0.15) is 0 Å². The third-order valence-electron chi connectivity index (χ3n) is 7.57. The molecule has 1 saturated heterocycles. The molecule has 1 aromatic heterocycles. The first kappa shape index (κ1) is 23.8. The average Bonchev–Trinajstić information content (AvgIpc) is 3.72. The Balaban J connectivity index is 1.46. The topological polar surface area (TPSA) is 63.6 Å². The fourth-order valence-electron chi connectivity index (χ4n) is 5.43. The maximum atomic E-state index is 14.1. The zero-order chi connectivity index (χ0) is 24.4. The molecule has 2 aliphatic rings. The molecule has 0 radical (unpaired) electrons. The summed E-state index contributed by atoms with van der Waals surface area (Å²) < 4.78 is 6.90. The molecule has 0 unspecified atom stereocenters. The van der Waals surface area contributed by atoms with Crippen LogP contribution in [0.1, 0.15) is 41.9 Å². The van der Waals surface area contributed by atoms with E-state index in [2.05, 4.69) is 46.6 Å². The first-order chi connectivity index (χ1) is 17.0. The molecule has 5 rings (SSSR count). The summed E-state index contributed by atoms with van der Waals surface area (Å²) in [7, 11) is 3.49. The molecule has 0 spiro atoms. The molecule has 0 bridgehead atoms. The van der Waals surface area contributed by atoms with E-state index in [-0.39, 0.29) is 23.3 Å². The number of aryl methyl sites for hydroxylation is 1. The number of piperidine rings is 1. The largest absolute Gasteiger partial charge is 0.384 e. The number of hydrogen-bond acceptors (Lipinski definition) is 4. The number of nitrogens with zero attached hydrogens (tertiary/aromatic N) is 2. The van der Waals surface area contributed by atoms with Crippen molar-refractivity contribution in [3.8, 4) is 0 Å². The van der Waals surface area contributed by atoms with Crippen molar-refractivity contribution in [2.24, 2.45) is 13.0 Å². The fraction of sp³-hybridized carbons (Fsp3) is 0.448. The number of ether oxygens (including phenoxy) is 1. The maximum Gasteiger partial charge on any atom is 0.250 e. The highest BCUT2D eigenvalue weighted by molar-refractivity contribution is 5.87. The molecular weight excluding hydrogens is 438 g/mol. The lowest BCUT2D eigenvalue weighted by Crippen LogP contribution is -2.47. The molecule has 6 heteroatoms. The quantitative estimate of drug-likeness (QED) is 0.543. The van der Waals surface area contributed by atoms with Gasteiger partial charge in [-0.25, -0.2) is 0 Å². The highest BCUT2D eigenvalue weighted by atomic mass is 16.5. The molecule has 3 aromatic rings. The summed E-state index contributed by atoms with van der Waals surface area (Å²) in [5.41, 5.74) is 3.39. The average molecular weight is 474 g/mol. The van der Waals surface area contributed by atoms with Crippen LogP contribution in [0.3, 0.4) is 0 Å². The van der Waals surface area contributed by atoms with Gasteiger partial charge in [-0.15, -0.1) is 0 Å². The molecule has 2 atom stereocenters. The van der Waals surface area contributed by atoms with Crippen LogP contribution < -0.4 is 10.9 Å². The Morgan fingerprint density at radius 3 is 2.74 bits per heavy atom. The Hall–Kier alpha value is -2.96. The second-order valence-electron chi connectivity index (χ2n) is 10.0. The molecule has 1 aliphatic carbocycles. The van der Waals surface area contributed by atoms with Crippen LogP contribution in [0.15, 0.2) is 59.5 Å². The third kappa shape index (κ3) is 5.19. The number of aromatic nitrogens is 1. The lowest BCUT2D eigenvalue weighted by molar-refractivity contribution is -0.138. The third-order valence-corrected chi connectivity index (χ3v) is 7.57. The number of carbonyl (C=O) groups excluding carboxylic acids is 1. The molecule has 1 saturated carbocycles. The summed E-state index contributed by atoms with van der Waals surface area (Å²) in [5, 5.41) is 5.85. The first-order valence-corrected chi connectivity index (χ1v) is 12.7. The molecule has 1 amide bonds. The predicted octanol–water partition coefficient (Wildman–Crippen LogP) is 3.61. The Kier molecular flexibility index (Phi) is 7.02. The van der Waals surface area contributed by atoms with Crippen molar-refractivity contribution < 1.29 is 9.53 Å². The molecule has 2 fully saturated rings. The lowest BCUT2D eigenvalue weighted by atomic mass is 9.80. The molecule has 6 nitrogen and oxygen atoms in total. The van der Waals surface area contributed by atoms with Gasteiger partial charge in [0.2, 0.25) is 5.91 Å². The summed E-state index contributed by atoms with van der Waals surface area (Å²) in [6.07, 6.45) is 5.64. The number of nitrogens with one attached hydrogen (secondary N) is 1. The Labute approximate surface area is 206 Å². The van der Waals surface area contributed by atoms with Crippen LogP contribution in [0.5, 0.6) is 0 Å². The van der Waals surface area contributed by atoms with Gasteiger partial charge in [-0.3, -0.25) is 9.59 Å². The minimum atomic E-state index is -0.167. The van der Waals surface area contributed by atoms with E-state index in [0.29, 0.717) is 25.7 Å². The Morgan fingerprint density at radius 2 is 1.97 bits per heavy atom. The summed E-state index contributed by atoms with van der Waals surface area (Å²) >= 11 is 0. The fourth-order valence-corrected chi connectivity index (χ4v) is 5.43. The molecule has 1 aliphatic heterocycles. The van der Waals surface area contributed by atoms with E-state index < -0.39 is 0 Å². The SMILES string of the molecule is COCCc1cc(CN(C(=O)[C@@H]2CNCC[C@H]2c2ccn(C)c(=O)c2)C2CC2)c2ccccc2c1. The number of fused-ring (bicyclic) bond motifs is 1. The number of carbonyl (C=O) groups is 1. The van der Waals surface area contributed by atoms with E-state index >= 15 is 0 Å². The standard InChI is InChI=1S/C29H35N3O3/c1-31-13-10-22(17-28(31)33)26-9-12-30-18-27(26)29(34)32(24-7-8-24)19-23-16-20(11-14-35-2)15-21-5-3-4-6-25(21)23/h3-6,10,13,15-17,24,26-27,30H,7-9,11-12,14,18-19H2,1-2H3/t26-,27+/m0/s1. The monoisotopic (exact) mass is 473 g/mol. The summed E-state index contributed by atoms with van der Waals surface area (Å²) in [5.74, 6) is 0.0971. The van der Waals surface area contributed by atoms with Gasteiger partial charge in [0.25, 0.3) is 5.56 Å². The van der Waals surface area contributed by atoms with Crippen LogP contribution >= 0.6 is 0 Å². The van der Waals surface area contributed by atoms with Crippen molar-refractivity contribution in [2.45, 2.75) is 44.2 Å². The van der Waals surface area contributed by atoms with Gasteiger partial charge in [0.05, 0.1) is 12.5 Å². The first-order valence-electron chi connectivity index (χ1n) is 12.7. The van der Waals surface area contributed by atoms with E-state index in [1.807, 2.05) is 12.3 Å². The number of amides is 1. The lowest BCUT2D eigenvalue weighted by Gasteiger charge is -2.36. The molecule has 35 heavy (non-hydrogen) atoms. The number of benzene rings is 2. The van der Waals surface area contributed by atoms with Gasteiger partial charge in [0.15, 0.2) is 0 Å². The van der Waals surface area contributed by atoms with Crippen LogP contribution in [0, 0.1) is 5.92 Å². The second-order valence-corrected chi connectivity index (χ2v) is 10.0. The number of hydrogen-bond donors (Lipinski definition) is 1. The van der Waals surface area contributed by atoms with E-state index in [9.17, 15) is 9.59 Å². The minimum absolute atomic E-state index is 0.0226. The van der Waals surface area contributed by atoms with E-state index in [4.69, 9.17) is 4.74 Å². The van der Waals surface area contributed by atoms with E-state index in [0.717, 1.165) is 37.8 Å². The molecule has 1 N–H and O–H groups in total. The summed E-state index contributed by atoms with van der Waals surface area (Å²) in [6.45, 7) is 2.80. The van der Waals surface area contributed by atoms with Crippen molar-refractivity contribution in [1.82, 2.24) is 14.8 Å². The molecule has 2 heterocycles. The van der Waals surface area contributed by atoms with Gasteiger partial charge in [0.1, 0.15) is 0 Å². The van der Waals surface area contributed by atoms with Gasteiger partial charge in [0, 0.05) is 45.6 Å². The summed E-state index contributed by atoms with van der Waals surface area (Å²) in [4.78, 5) is 28.5. The normalized spacial score (nSPS) is 20.2. The Morgan fingerprint density at radius 1 is 1.14 bits per heavy atom. The van der Waals surface area contributed by atoms with Crippen molar-refractivity contribution >= 4 is 16.7 Å². The number of methoxy groups -OCH3 is 1. The van der Waals surface area contributed by atoms with E-state index in [1.165, 1.54) is 21.9 Å². The van der Waals surface area contributed by atoms with Crippen molar-refractivity contribution in [3.05, 3.63) is 81.8 Å². The van der Waals surface area contributed by atoms with Gasteiger partial charge >= 0.3 is 0 Å². The highest BCUT2D eigenvalue weighted by Gasteiger charge is 2.40. The number of pyridine rings is 1. The van der Waals surface area contributed by atoms with Crippen molar-refractivity contribution in [3.63, 3.8) is 0 Å². The Bertz CT molecular complexity index is 1260. The van der Waals surface area contributed by atoms with Crippen molar-refractivity contribution in [1.29, 1.82) is 0 Å². The highest BCUT2D eigenvalue weighted by Crippen LogP contribution is 2.36. The zero-order valence-electron chi connectivity index (χ0n) is 20.7. The zero-order valence-corrected chi connectivity index (χ0v) is 20.7. The van der Waals surface area contributed by atoms with Crippen LogP contribution in [-0.2, 0) is 29.5 Å². The van der Waals surface area contributed by atoms with Crippen molar-refractivity contribution in [2.75, 3.05) is 26.8 Å². The van der Waals surface area contributed by atoms with E-state index in [1.54, 1.807) is 24.8 Å². The molecular formula is C29H35N3O3. The van der Waals surface area contributed by atoms with Crippen LogP contribution in [-0.4, -0.2) is 48.2 Å². The molecule has 184 valence electrons. The van der Waals surface area contributed by atoms with Crippen LogP contribution in [0.4, 0.5) is 0 Å². The predicted molar refractivity (Wildman–Crippen MR) is 139 cm³/mol. The van der Waals surface area contributed by atoms with Crippen LogP contribution in [0.2, 0.25) is 0 Å². The minimum Gasteiger partial charge on any atom is -0.384 e. The van der Waals surface area contributed by atoms with Gasteiger partial charge in [-0.05, 0) is 71.7 Å².